The van der Waals surface area contributed by atoms with Crippen molar-refractivity contribution in [2.24, 2.45) is 0 Å². The van der Waals surface area contributed by atoms with Gasteiger partial charge in [-0.25, -0.2) is 4.98 Å². The van der Waals surface area contributed by atoms with Crippen molar-refractivity contribution in [3.05, 3.63) is 82.1 Å². The first-order valence-electron chi connectivity index (χ1n) is 12.5. The van der Waals surface area contributed by atoms with Gasteiger partial charge in [-0.2, -0.15) is 5.26 Å². The van der Waals surface area contributed by atoms with Crippen LogP contribution in [-0.4, -0.2) is 34.0 Å². The summed E-state index contributed by atoms with van der Waals surface area (Å²) in [5.41, 5.74) is 5.96. The first kappa shape index (κ1) is 22.6. The zero-order chi connectivity index (χ0) is 24.7. The SMILES string of the molecule is C[C@@]1(C#N)COCc2ccc(C(=O)NCc3cc4c(cn3)CCN(c3cncc(C5CC5)n3)C4)cc21. The largest absolute Gasteiger partial charge is 0.375 e. The summed E-state index contributed by atoms with van der Waals surface area (Å²) in [7, 11) is 0. The number of nitrogens with one attached hydrogen (secondary N) is 1. The second-order valence-corrected chi connectivity index (χ2v) is 10.2. The lowest BCUT2D eigenvalue weighted by Gasteiger charge is -2.30. The molecule has 182 valence electrons. The van der Waals surface area contributed by atoms with E-state index in [1.807, 2.05) is 37.6 Å². The molecule has 0 saturated heterocycles. The molecular weight excluding hydrogens is 452 g/mol. The Morgan fingerprint density at radius 3 is 2.94 bits per heavy atom. The molecule has 2 aliphatic heterocycles. The lowest BCUT2D eigenvalue weighted by atomic mass is 9.79. The third-order valence-electron chi connectivity index (χ3n) is 7.40. The van der Waals surface area contributed by atoms with Crippen molar-refractivity contribution in [2.75, 3.05) is 18.1 Å². The summed E-state index contributed by atoms with van der Waals surface area (Å²) < 4.78 is 5.57. The van der Waals surface area contributed by atoms with Gasteiger partial charge in [-0.05, 0) is 66.6 Å². The van der Waals surface area contributed by atoms with Gasteiger partial charge in [0.05, 0.1) is 43.4 Å². The average Bonchev–Trinajstić information content (AvgIpc) is 3.77. The maximum absolute atomic E-state index is 12.9. The summed E-state index contributed by atoms with van der Waals surface area (Å²) in [5.74, 6) is 1.32. The summed E-state index contributed by atoms with van der Waals surface area (Å²) in [4.78, 5) is 29.1. The van der Waals surface area contributed by atoms with Gasteiger partial charge in [0.2, 0.25) is 0 Å². The van der Waals surface area contributed by atoms with Crippen molar-refractivity contribution in [3.63, 3.8) is 0 Å². The van der Waals surface area contributed by atoms with E-state index in [0.29, 0.717) is 31.2 Å². The fourth-order valence-electron chi connectivity index (χ4n) is 5.04. The second kappa shape index (κ2) is 8.99. The Morgan fingerprint density at radius 2 is 2.11 bits per heavy atom. The number of hydrogen-bond donors (Lipinski definition) is 1. The average molecular weight is 481 g/mol. The Balaban J connectivity index is 1.14. The molecule has 1 aromatic carbocycles. The van der Waals surface area contributed by atoms with Gasteiger partial charge in [0.25, 0.3) is 5.91 Å². The number of carbonyl (C=O) groups is 1. The maximum atomic E-state index is 12.9. The van der Waals surface area contributed by atoms with Gasteiger partial charge in [0.15, 0.2) is 0 Å². The number of fused-ring (bicyclic) bond motifs is 2. The first-order valence-corrected chi connectivity index (χ1v) is 12.5. The van der Waals surface area contributed by atoms with Gasteiger partial charge in [-0.3, -0.25) is 14.8 Å². The maximum Gasteiger partial charge on any atom is 0.251 e. The highest BCUT2D eigenvalue weighted by atomic mass is 16.5. The standard InChI is InChI=1S/C28H28N6O2/c1-28(16-29)17-36-15-21-5-4-19(9-24(21)28)27(35)32-11-23-8-22-14-34(7-6-20(22)10-31-23)26-13-30-12-25(33-26)18-2-3-18/h4-5,8-10,12-13,18H,2-3,6-7,11,14-15,17H2,1H3,(H,32,35)/t28-/m1/s1. The van der Waals surface area contributed by atoms with E-state index in [9.17, 15) is 10.1 Å². The molecule has 0 radical (unpaired) electrons. The Kier molecular flexibility index (Phi) is 5.65. The Morgan fingerprint density at radius 1 is 1.22 bits per heavy atom. The van der Waals surface area contributed by atoms with Crippen molar-refractivity contribution in [2.45, 2.75) is 57.2 Å². The predicted octanol–water partition coefficient (Wildman–Crippen LogP) is 3.55. The minimum atomic E-state index is -0.752. The number of nitrogens with zero attached hydrogens (tertiary/aromatic N) is 5. The number of hydrogen-bond acceptors (Lipinski definition) is 7. The third kappa shape index (κ3) is 4.31. The van der Waals surface area contributed by atoms with Crippen LogP contribution in [-0.2, 0) is 36.3 Å². The van der Waals surface area contributed by atoms with Crippen LogP contribution in [0.5, 0.6) is 0 Å². The quantitative estimate of drug-likeness (QED) is 0.595. The van der Waals surface area contributed by atoms with Gasteiger partial charge < -0.3 is 15.0 Å². The van der Waals surface area contributed by atoms with Crippen LogP contribution >= 0.6 is 0 Å². The van der Waals surface area contributed by atoms with Crippen LogP contribution in [0.1, 0.15) is 69.7 Å². The van der Waals surface area contributed by atoms with E-state index >= 15 is 0 Å². The highest BCUT2D eigenvalue weighted by Gasteiger charge is 2.33. The molecule has 0 unspecified atom stereocenters. The van der Waals surface area contributed by atoms with Crippen LogP contribution in [0.25, 0.3) is 0 Å². The summed E-state index contributed by atoms with van der Waals surface area (Å²) in [6, 6.07) is 9.91. The number of amides is 1. The summed E-state index contributed by atoms with van der Waals surface area (Å²) >= 11 is 0. The van der Waals surface area contributed by atoms with Crippen LogP contribution in [0.2, 0.25) is 0 Å². The summed E-state index contributed by atoms with van der Waals surface area (Å²) in [6.45, 7) is 4.61. The Hall–Kier alpha value is -3.83. The molecule has 1 amide bonds. The molecule has 0 bridgehead atoms. The lowest BCUT2D eigenvalue weighted by Crippen LogP contribution is -2.33. The van der Waals surface area contributed by atoms with Gasteiger partial charge in [0, 0.05) is 37.0 Å². The number of anilines is 1. The molecular formula is C28H28N6O2. The molecule has 2 aromatic heterocycles. The van der Waals surface area contributed by atoms with Crippen molar-refractivity contribution in [1.82, 2.24) is 20.3 Å². The number of ether oxygens (including phenoxy) is 1. The molecule has 1 N–H and O–H groups in total. The van der Waals surface area contributed by atoms with E-state index in [1.165, 1.54) is 24.0 Å². The van der Waals surface area contributed by atoms with Crippen LogP contribution in [0.3, 0.4) is 0 Å². The van der Waals surface area contributed by atoms with E-state index in [2.05, 4.69) is 32.3 Å². The lowest BCUT2D eigenvalue weighted by molar-refractivity contribution is 0.0757. The zero-order valence-corrected chi connectivity index (χ0v) is 20.3. The third-order valence-corrected chi connectivity index (χ3v) is 7.40. The monoisotopic (exact) mass is 480 g/mol. The van der Waals surface area contributed by atoms with E-state index in [1.54, 1.807) is 6.07 Å². The highest BCUT2D eigenvalue weighted by molar-refractivity contribution is 5.94. The van der Waals surface area contributed by atoms with Crippen LogP contribution < -0.4 is 10.2 Å². The van der Waals surface area contributed by atoms with E-state index < -0.39 is 5.41 Å². The normalized spacial score (nSPS) is 20.7. The van der Waals surface area contributed by atoms with Crippen molar-refractivity contribution < 1.29 is 9.53 Å². The molecule has 3 aromatic rings. The topological polar surface area (TPSA) is 104 Å². The molecule has 8 heteroatoms. The van der Waals surface area contributed by atoms with Crippen LogP contribution in [0.15, 0.2) is 42.9 Å². The highest BCUT2D eigenvalue weighted by Crippen LogP contribution is 2.39. The van der Waals surface area contributed by atoms with Crippen molar-refractivity contribution in [3.8, 4) is 6.07 Å². The Labute approximate surface area is 210 Å². The van der Waals surface area contributed by atoms with Crippen LogP contribution in [0, 0.1) is 11.3 Å². The zero-order valence-electron chi connectivity index (χ0n) is 20.3. The molecule has 4 heterocycles. The smallest absolute Gasteiger partial charge is 0.251 e. The minimum Gasteiger partial charge on any atom is -0.375 e. The van der Waals surface area contributed by atoms with Crippen molar-refractivity contribution in [1.29, 1.82) is 5.26 Å². The van der Waals surface area contributed by atoms with Gasteiger partial charge >= 0.3 is 0 Å². The van der Waals surface area contributed by atoms with E-state index in [4.69, 9.17) is 9.72 Å². The van der Waals surface area contributed by atoms with E-state index in [-0.39, 0.29) is 5.91 Å². The van der Waals surface area contributed by atoms with E-state index in [0.717, 1.165) is 47.8 Å². The molecule has 0 spiro atoms. The fraction of sp³-hybridized carbons (Fsp3) is 0.393. The van der Waals surface area contributed by atoms with Crippen molar-refractivity contribution >= 4 is 11.7 Å². The molecule has 1 saturated carbocycles. The second-order valence-electron chi connectivity index (χ2n) is 10.2. The number of carbonyl (C=O) groups excluding carboxylic acids is 1. The fourth-order valence-corrected chi connectivity index (χ4v) is 5.04. The molecule has 1 fully saturated rings. The number of pyridine rings is 1. The van der Waals surface area contributed by atoms with Gasteiger partial charge in [-0.1, -0.05) is 6.07 Å². The first-order chi connectivity index (χ1) is 17.5. The number of rotatable bonds is 5. The molecule has 1 aliphatic carbocycles. The summed E-state index contributed by atoms with van der Waals surface area (Å²) in [5, 5.41) is 12.7. The molecule has 8 nitrogen and oxygen atoms in total. The number of aromatic nitrogens is 3. The van der Waals surface area contributed by atoms with Gasteiger partial charge in [0.1, 0.15) is 11.2 Å². The number of benzene rings is 1. The molecule has 1 atom stereocenters. The molecule has 6 rings (SSSR count). The molecule has 3 aliphatic rings. The minimum absolute atomic E-state index is 0.183. The number of nitriles is 1. The Bertz CT molecular complexity index is 1380. The van der Waals surface area contributed by atoms with Gasteiger partial charge in [-0.15, -0.1) is 0 Å². The predicted molar refractivity (Wildman–Crippen MR) is 133 cm³/mol. The summed E-state index contributed by atoms with van der Waals surface area (Å²) in [6.07, 6.45) is 8.99. The molecule has 36 heavy (non-hydrogen) atoms. The van der Waals surface area contributed by atoms with Crippen LogP contribution in [0.4, 0.5) is 5.82 Å².